The van der Waals surface area contributed by atoms with Crippen molar-refractivity contribution in [1.82, 2.24) is 0 Å². The summed E-state index contributed by atoms with van der Waals surface area (Å²) in [6.45, 7) is 4.71. The van der Waals surface area contributed by atoms with Crippen LogP contribution in [0.1, 0.15) is 25.0 Å². The molecule has 0 unspecified atom stereocenters. The molecule has 0 amide bonds. The zero-order valence-electron chi connectivity index (χ0n) is 30.0. The number of furan rings is 1. The fraction of sp³-hybridized carbons (Fsp3) is 0.0588. The predicted molar refractivity (Wildman–Crippen MR) is 230 cm³/mol. The minimum atomic E-state index is -0.126. The maximum absolute atomic E-state index is 6.74. The second-order valence-corrected chi connectivity index (χ2v) is 16.0. The van der Waals surface area contributed by atoms with Crippen molar-refractivity contribution in [2.24, 2.45) is 0 Å². The number of rotatable bonds is 5. The molecule has 2 nitrogen and oxygen atoms in total. The van der Waals surface area contributed by atoms with Gasteiger partial charge < -0.3 is 9.32 Å². The van der Waals surface area contributed by atoms with Crippen LogP contribution in [0.5, 0.6) is 0 Å². The van der Waals surface area contributed by atoms with Gasteiger partial charge >= 0.3 is 0 Å². The third-order valence-corrected chi connectivity index (χ3v) is 12.6. The van der Waals surface area contributed by atoms with Crippen LogP contribution in [0.2, 0.25) is 0 Å². The molecule has 0 saturated carbocycles. The van der Waals surface area contributed by atoms with Gasteiger partial charge in [0.25, 0.3) is 0 Å². The molecule has 0 saturated heterocycles. The summed E-state index contributed by atoms with van der Waals surface area (Å²) in [5.41, 5.74) is 15.0. The molecule has 0 spiro atoms. The normalized spacial score (nSPS) is 13.1. The molecule has 256 valence electrons. The summed E-state index contributed by atoms with van der Waals surface area (Å²) in [5.74, 6) is 0. The van der Waals surface area contributed by atoms with Gasteiger partial charge in [0.1, 0.15) is 11.2 Å². The lowest BCUT2D eigenvalue weighted by Gasteiger charge is -2.29. The largest absolute Gasteiger partial charge is 0.455 e. The van der Waals surface area contributed by atoms with Gasteiger partial charge in [-0.1, -0.05) is 129 Å². The Morgan fingerprint density at radius 1 is 0.426 bits per heavy atom. The Hall–Kier alpha value is -6.42. The summed E-state index contributed by atoms with van der Waals surface area (Å²) in [6.07, 6.45) is 0. The monoisotopic (exact) mass is 709 g/mol. The highest BCUT2D eigenvalue weighted by atomic mass is 32.1. The molecule has 0 atom stereocenters. The van der Waals surface area contributed by atoms with Crippen LogP contribution in [0.15, 0.2) is 180 Å². The zero-order valence-corrected chi connectivity index (χ0v) is 30.8. The molecule has 3 heteroatoms. The molecular weight excluding hydrogens is 675 g/mol. The van der Waals surface area contributed by atoms with Crippen molar-refractivity contribution in [2.75, 3.05) is 4.90 Å². The van der Waals surface area contributed by atoms with Gasteiger partial charge in [0.15, 0.2) is 0 Å². The van der Waals surface area contributed by atoms with Crippen molar-refractivity contribution in [3.63, 3.8) is 0 Å². The van der Waals surface area contributed by atoms with Gasteiger partial charge in [0, 0.05) is 59.0 Å². The van der Waals surface area contributed by atoms with E-state index in [1.165, 1.54) is 53.6 Å². The number of benzene rings is 8. The smallest absolute Gasteiger partial charge is 0.143 e. The molecule has 0 fully saturated rings. The Morgan fingerprint density at radius 2 is 1.09 bits per heavy atom. The van der Waals surface area contributed by atoms with Gasteiger partial charge in [0.05, 0.1) is 0 Å². The highest BCUT2D eigenvalue weighted by Gasteiger charge is 2.36. The van der Waals surface area contributed by atoms with Gasteiger partial charge in [-0.05, 0) is 99.6 Å². The van der Waals surface area contributed by atoms with Crippen molar-refractivity contribution in [3.05, 3.63) is 187 Å². The lowest BCUT2D eigenvalue weighted by Crippen LogP contribution is -2.16. The summed E-state index contributed by atoms with van der Waals surface area (Å²) in [5, 5.41) is 4.78. The van der Waals surface area contributed by atoms with Crippen LogP contribution in [-0.2, 0) is 5.41 Å². The Bertz CT molecular complexity index is 3080. The standard InChI is InChI=1S/C51H35NOS/c1-51(2)45-17-9-6-14-38(45)39-26-25-36(31-46(39)51)52(35-23-20-33(21-24-35)32-12-4-3-5-13-32)37-29-42(50-44(30-37)40-15-7-10-18-47(40)53-50)34-22-27-49-43(28-34)41-16-8-11-19-48(41)54-49/h3-31H,1-2H3. The molecule has 0 aliphatic heterocycles. The van der Waals surface area contributed by atoms with E-state index >= 15 is 0 Å². The molecule has 1 aliphatic rings. The van der Waals surface area contributed by atoms with Crippen LogP contribution in [0.25, 0.3) is 75.5 Å². The Labute approximate surface area is 318 Å². The van der Waals surface area contributed by atoms with Crippen molar-refractivity contribution in [2.45, 2.75) is 19.3 Å². The second kappa shape index (κ2) is 11.8. The molecule has 11 rings (SSSR count). The summed E-state index contributed by atoms with van der Waals surface area (Å²) in [7, 11) is 0. The van der Waals surface area contributed by atoms with E-state index in [0.717, 1.165) is 50.1 Å². The average molecular weight is 710 g/mol. The van der Waals surface area contributed by atoms with Crippen LogP contribution in [0.4, 0.5) is 17.1 Å². The lowest BCUT2D eigenvalue weighted by molar-refractivity contribution is 0.660. The summed E-state index contributed by atoms with van der Waals surface area (Å²) in [6, 6.07) is 64.2. The van der Waals surface area contributed by atoms with Crippen molar-refractivity contribution >= 4 is 70.5 Å². The van der Waals surface area contributed by atoms with E-state index in [1.807, 2.05) is 11.3 Å². The van der Waals surface area contributed by atoms with E-state index in [4.69, 9.17) is 4.42 Å². The molecule has 0 N–H and O–H groups in total. The minimum Gasteiger partial charge on any atom is -0.455 e. The van der Waals surface area contributed by atoms with E-state index in [-0.39, 0.29) is 5.41 Å². The van der Waals surface area contributed by atoms with Crippen LogP contribution in [0, 0.1) is 0 Å². The third kappa shape index (κ3) is 4.72. The molecule has 8 aromatic carbocycles. The molecule has 1 aliphatic carbocycles. The van der Waals surface area contributed by atoms with Crippen LogP contribution in [-0.4, -0.2) is 0 Å². The molecule has 0 radical (unpaired) electrons. The van der Waals surface area contributed by atoms with Crippen molar-refractivity contribution in [1.29, 1.82) is 0 Å². The van der Waals surface area contributed by atoms with Gasteiger partial charge in [-0.15, -0.1) is 11.3 Å². The fourth-order valence-corrected chi connectivity index (χ4v) is 9.85. The van der Waals surface area contributed by atoms with Crippen molar-refractivity contribution < 1.29 is 4.42 Å². The summed E-state index contributed by atoms with van der Waals surface area (Å²) < 4.78 is 9.33. The first-order valence-electron chi connectivity index (χ1n) is 18.6. The quantitative estimate of drug-likeness (QED) is 0.177. The SMILES string of the molecule is CC1(C)c2ccccc2-c2ccc(N(c3ccc(-c4ccccc4)cc3)c3cc(-c4ccc5sc6ccccc6c5c4)c4oc5ccccc5c4c3)cc21. The first-order valence-corrected chi connectivity index (χ1v) is 19.4. The number of para-hydroxylation sites is 1. The average Bonchev–Trinajstić information content (AvgIpc) is 3.86. The molecule has 10 aromatic rings. The van der Waals surface area contributed by atoms with Crippen molar-refractivity contribution in [3.8, 4) is 33.4 Å². The predicted octanol–water partition coefficient (Wildman–Crippen LogP) is 15.1. The van der Waals surface area contributed by atoms with E-state index in [0.29, 0.717) is 0 Å². The maximum Gasteiger partial charge on any atom is 0.143 e. The summed E-state index contributed by atoms with van der Waals surface area (Å²) in [4.78, 5) is 2.43. The Balaban J connectivity index is 1.16. The molecule has 2 aromatic heterocycles. The fourth-order valence-electron chi connectivity index (χ4n) is 8.76. The number of hydrogen-bond acceptors (Lipinski definition) is 3. The highest BCUT2D eigenvalue weighted by Crippen LogP contribution is 2.51. The van der Waals surface area contributed by atoms with Crippen LogP contribution in [0.3, 0.4) is 0 Å². The minimum absolute atomic E-state index is 0.126. The first-order chi connectivity index (χ1) is 26.5. The third-order valence-electron chi connectivity index (χ3n) is 11.5. The van der Waals surface area contributed by atoms with Crippen LogP contribution >= 0.6 is 11.3 Å². The number of nitrogens with zero attached hydrogens (tertiary/aromatic N) is 1. The van der Waals surface area contributed by atoms with E-state index in [2.05, 4.69) is 195 Å². The van der Waals surface area contributed by atoms with E-state index in [9.17, 15) is 0 Å². The zero-order chi connectivity index (χ0) is 36.0. The molecule has 54 heavy (non-hydrogen) atoms. The highest BCUT2D eigenvalue weighted by molar-refractivity contribution is 7.25. The molecule has 0 bridgehead atoms. The Kier molecular flexibility index (Phi) is 6.80. The number of thiophene rings is 1. The number of fused-ring (bicyclic) bond motifs is 9. The van der Waals surface area contributed by atoms with Crippen LogP contribution < -0.4 is 4.90 Å². The van der Waals surface area contributed by atoms with E-state index in [1.54, 1.807) is 0 Å². The van der Waals surface area contributed by atoms with Gasteiger partial charge in [-0.2, -0.15) is 0 Å². The molecule has 2 heterocycles. The maximum atomic E-state index is 6.74. The van der Waals surface area contributed by atoms with Gasteiger partial charge in [-0.3, -0.25) is 0 Å². The first kappa shape index (κ1) is 31.1. The molecular formula is C51H35NOS. The second-order valence-electron chi connectivity index (χ2n) is 14.9. The topological polar surface area (TPSA) is 16.4 Å². The van der Waals surface area contributed by atoms with Gasteiger partial charge in [-0.25, -0.2) is 0 Å². The number of hydrogen-bond donors (Lipinski definition) is 0. The van der Waals surface area contributed by atoms with E-state index < -0.39 is 0 Å². The summed E-state index contributed by atoms with van der Waals surface area (Å²) >= 11 is 1.85. The lowest BCUT2D eigenvalue weighted by atomic mass is 9.82. The Morgan fingerprint density at radius 3 is 1.96 bits per heavy atom. The van der Waals surface area contributed by atoms with Gasteiger partial charge in [0.2, 0.25) is 0 Å². The number of anilines is 3.